The quantitative estimate of drug-likeness (QED) is 0.551. The number of nitrogens with one attached hydrogen (secondary N) is 1. The maximum atomic E-state index is 11.9. The highest BCUT2D eigenvalue weighted by Crippen LogP contribution is 2.28. The monoisotopic (exact) mass is 484 g/mol. The summed E-state index contributed by atoms with van der Waals surface area (Å²) >= 11 is 0. The van der Waals surface area contributed by atoms with Crippen molar-refractivity contribution in [3.05, 3.63) is 42.7 Å². The van der Waals surface area contributed by atoms with Gasteiger partial charge in [-0.3, -0.25) is 4.98 Å². The lowest BCUT2D eigenvalue weighted by molar-refractivity contribution is -0.0252. The Morgan fingerprint density at radius 3 is 2.65 bits per heavy atom. The van der Waals surface area contributed by atoms with E-state index in [0.29, 0.717) is 30.1 Å². The topological polar surface area (TPSA) is 110 Å². The first-order valence-corrected chi connectivity index (χ1v) is 13.2. The molecule has 34 heavy (non-hydrogen) atoms. The van der Waals surface area contributed by atoms with Crippen molar-refractivity contribution in [2.75, 3.05) is 63.6 Å². The number of rotatable bonds is 6. The van der Waals surface area contributed by atoms with Gasteiger partial charge >= 0.3 is 0 Å². The maximum Gasteiger partial charge on any atom is 0.242 e. The third kappa shape index (κ3) is 5.12. The number of hydrogen-bond donors (Lipinski definition) is 1. The van der Waals surface area contributed by atoms with E-state index in [2.05, 4.69) is 44.5 Å². The molecule has 2 fully saturated rings. The predicted octanol–water partition coefficient (Wildman–Crippen LogP) is 1.14. The maximum absolute atomic E-state index is 11.9. The standard InChI is InChI=1S/C23H28N6O4S/c1-34(30,31)29-12-13-32-19(15-29)16-33-23-22-21(25-6-7-26-22)14-20(27-23)17-2-4-18(5-3-17)28-10-8-24-9-11-28/h2-7,14,19,24H,8-13,15-16H2,1H3. The van der Waals surface area contributed by atoms with E-state index < -0.39 is 10.0 Å². The van der Waals surface area contributed by atoms with Crippen LogP contribution in [0.5, 0.6) is 5.88 Å². The van der Waals surface area contributed by atoms with Crippen molar-refractivity contribution < 1.29 is 17.9 Å². The molecule has 1 aromatic carbocycles. The van der Waals surface area contributed by atoms with Crippen LogP contribution in [0.3, 0.4) is 0 Å². The Bertz CT molecular complexity index is 1250. The first-order valence-electron chi connectivity index (χ1n) is 11.3. The number of hydrogen-bond acceptors (Lipinski definition) is 9. The van der Waals surface area contributed by atoms with Crippen LogP contribution in [0, 0.1) is 0 Å². The normalized spacial score (nSPS) is 19.9. The van der Waals surface area contributed by atoms with Gasteiger partial charge in [0.15, 0.2) is 5.52 Å². The predicted molar refractivity (Wildman–Crippen MR) is 130 cm³/mol. The van der Waals surface area contributed by atoms with Crippen LogP contribution in [-0.2, 0) is 14.8 Å². The molecule has 0 amide bonds. The zero-order valence-electron chi connectivity index (χ0n) is 19.1. The molecule has 1 N–H and O–H groups in total. The van der Waals surface area contributed by atoms with Crippen LogP contribution >= 0.6 is 0 Å². The smallest absolute Gasteiger partial charge is 0.242 e. The third-order valence-corrected chi connectivity index (χ3v) is 7.32. The first kappa shape index (κ1) is 22.9. The second-order valence-corrected chi connectivity index (χ2v) is 10.4. The Balaban J connectivity index is 1.37. The fourth-order valence-corrected chi connectivity index (χ4v) is 5.07. The zero-order valence-corrected chi connectivity index (χ0v) is 19.9. The number of nitrogens with zero attached hydrogens (tertiary/aromatic N) is 5. The van der Waals surface area contributed by atoms with Crippen LogP contribution in [0.4, 0.5) is 5.69 Å². The van der Waals surface area contributed by atoms with E-state index in [4.69, 9.17) is 14.5 Å². The van der Waals surface area contributed by atoms with Crippen molar-refractivity contribution in [2.45, 2.75) is 6.10 Å². The van der Waals surface area contributed by atoms with Gasteiger partial charge in [0.2, 0.25) is 15.9 Å². The van der Waals surface area contributed by atoms with Gasteiger partial charge in [-0.05, 0) is 18.2 Å². The van der Waals surface area contributed by atoms with Crippen molar-refractivity contribution in [3.63, 3.8) is 0 Å². The SMILES string of the molecule is CS(=O)(=O)N1CCOC(COc2nc(-c3ccc(N4CCNCC4)cc3)cc3nccnc23)C1. The lowest BCUT2D eigenvalue weighted by atomic mass is 10.1. The second kappa shape index (κ2) is 9.79. The Kier molecular flexibility index (Phi) is 6.59. The Morgan fingerprint density at radius 2 is 1.88 bits per heavy atom. The van der Waals surface area contributed by atoms with Gasteiger partial charge in [0, 0.05) is 62.9 Å². The molecule has 2 saturated heterocycles. The van der Waals surface area contributed by atoms with Crippen molar-refractivity contribution in [2.24, 2.45) is 0 Å². The van der Waals surface area contributed by atoms with Crippen LogP contribution in [0.2, 0.25) is 0 Å². The summed E-state index contributed by atoms with van der Waals surface area (Å²) in [6.45, 7) is 5.03. The average molecular weight is 485 g/mol. The Morgan fingerprint density at radius 1 is 1.12 bits per heavy atom. The first-order chi connectivity index (χ1) is 16.5. The molecule has 11 heteroatoms. The summed E-state index contributed by atoms with van der Waals surface area (Å²) in [6.07, 6.45) is 4.05. The number of anilines is 1. The van der Waals surface area contributed by atoms with Crippen molar-refractivity contribution in [1.29, 1.82) is 0 Å². The minimum absolute atomic E-state index is 0.163. The van der Waals surface area contributed by atoms with E-state index >= 15 is 0 Å². The van der Waals surface area contributed by atoms with Crippen LogP contribution in [0.25, 0.3) is 22.3 Å². The van der Waals surface area contributed by atoms with Crippen LogP contribution < -0.4 is 15.0 Å². The molecule has 2 aromatic heterocycles. The van der Waals surface area contributed by atoms with Gasteiger partial charge in [-0.25, -0.2) is 18.4 Å². The number of pyridine rings is 1. The summed E-state index contributed by atoms with van der Waals surface area (Å²) in [5.41, 5.74) is 4.10. The van der Waals surface area contributed by atoms with E-state index in [0.717, 1.165) is 37.4 Å². The number of fused-ring (bicyclic) bond motifs is 1. The van der Waals surface area contributed by atoms with Gasteiger partial charge in [0.1, 0.15) is 12.7 Å². The molecule has 0 spiro atoms. The minimum atomic E-state index is -3.28. The second-order valence-electron chi connectivity index (χ2n) is 8.45. The van der Waals surface area contributed by atoms with Gasteiger partial charge in [-0.1, -0.05) is 12.1 Å². The molecule has 2 aliphatic rings. The number of morpholine rings is 1. The molecule has 0 saturated carbocycles. The summed E-state index contributed by atoms with van der Waals surface area (Å²) in [5, 5.41) is 3.37. The molecule has 1 atom stereocenters. The lowest BCUT2D eigenvalue weighted by Gasteiger charge is -2.30. The van der Waals surface area contributed by atoms with Gasteiger partial charge in [0.05, 0.1) is 24.1 Å². The molecule has 3 aromatic rings. The van der Waals surface area contributed by atoms with Gasteiger partial charge in [-0.2, -0.15) is 4.31 Å². The van der Waals surface area contributed by atoms with Crippen molar-refractivity contribution in [1.82, 2.24) is 24.6 Å². The van der Waals surface area contributed by atoms with E-state index in [1.807, 2.05) is 6.07 Å². The molecule has 2 aliphatic heterocycles. The summed E-state index contributed by atoms with van der Waals surface area (Å²) < 4.78 is 37.0. The molecular formula is C23H28N6O4S. The summed E-state index contributed by atoms with van der Waals surface area (Å²) in [4.78, 5) is 15.9. The molecular weight excluding hydrogens is 456 g/mol. The van der Waals surface area contributed by atoms with Crippen LogP contribution in [0.1, 0.15) is 0 Å². The molecule has 0 bridgehead atoms. The number of ether oxygens (including phenoxy) is 2. The van der Waals surface area contributed by atoms with Gasteiger partial charge in [-0.15, -0.1) is 0 Å². The molecule has 180 valence electrons. The largest absolute Gasteiger partial charge is 0.473 e. The molecule has 4 heterocycles. The average Bonchev–Trinajstić information content (AvgIpc) is 2.87. The number of piperazine rings is 1. The molecule has 0 aliphatic carbocycles. The minimum Gasteiger partial charge on any atom is -0.473 e. The van der Waals surface area contributed by atoms with Crippen LogP contribution in [-0.4, -0.2) is 92.5 Å². The van der Waals surface area contributed by atoms with E-state index in [1.54, 1.807) is 12.4 Å². The van der Waals surface area contributed by atoms with E-state index in [9.17, 15) is 8.42 Å². The van der Waals surface area contributed by atoms with E-state index in [-0.39, 0.29) is 19.3 Å². The highest BCUT2D eigenvalue weighted by molar-refractivity contribution is 7.88. The molecule has 0 radical (unpaired) electrons. The number of sulfonamides is 1. The van der Waals surface area contributed by atoms with E-state index in [1.165, 1.54) is 16.2 Å². The Hall–Kier alpha value is -2.86. The lowest BCUT2D eigenvalue weighted by Crippen LogP contribution is -2.47. The van der Waals surface area contributed by atoms with Gasteiger partial charge < -0.3 is 19.7 Å². The van der Waals surface area contributed by atoms with Crippen LogP contribution in [0.15, 0.2) is 42.7 Å². The molecule has 10 nitrogen and oxygen atoms in total. The summed E-state index contributed by atoms with van der Waals surface area (Å²) in [7, 11) is -3.28. The molecule has 1 unspecified atom stereocenters. The van der Waals surface area contributed by atoms with Crippen molar-refractivity contribution >= 4 is 26.7 Å². The third-order valence-electron chi connectivity index (χ3n) is 6.05. The summed E-state index contributed by atoms with van der Waals surface area (Å²) in [6, 6.07) is 10.2. The highest BCUT2D eigenvalue weighted by atomic mass is 32.2. The fourth-order valence-electron chi connectivity index (χ4n) is 4.22. The fraction of sp³-hybridized carbons (Fsp3) is 0.435. The highest BCUT2D eigenvalue weighted by Gasteiger charge is 2.27. The zero-order chi connectivity index (χ0) is 23.5. The Labute approximate surface area is 199 Å². The number of benzene rings is 1. The van der Waals surface area contributed by atoms with Gasteiger partial charge in [0.25, 0.3) is 0 Å². The summed E-state index contributed by atoms with van der Waals surface area (Å²) in [5.74, 6) is 0.354. The molecule has 5 rings (SSSR count). The number of aromatic nitrogens is 3. The van der Waals surface area contributed by atoms with Crippen molar-refractivity contribution in [3.8, 4) is 17.1 Å².